The van der Waals surface area contributed by atoms with Gasteiger partial charge in [0.2, 0.25) is 0 Å². The van der Waals surface area contributed by atoms with Crippen molar-refractivity contribution in [2.75, 3.05) is 6.54 Å². The average Bonchev–Trinajstić information content (AvgIpc) is 2.52. The first-order valence-electron chi connectivity index (χ1n) is 6.40. The van der Waals surface area contributed by atoms with E-state index in [2.05, 4.69) is 33.0 Å². The Labute approximate surface area is 89.7 Å². The van der Waals surface area contributed by atoms with E-state index in [0.29, 0.717) is 0 Å². The maximum absolute atomic E-state index is 3.74. The number of rotatable bonds is 5. The predicted octanol–water partition coefficient (Wildman–Crippen LogP) is 3.45. The van der Waals surface area contributed by atoms with Crippen LogP contribution in [-0.2, 0) is 0 Å². The lowest BCUT2D eigenvalue weighted by Crippen LogP contribution is -2.41. The summed E-state index contributed by atoms with van der Waals surface area (Å²) in [5.74, 6) is 2.65. The van der Waals surface area contributed by atoms with Crippen LogP contribution in [0.15, 0.2) is 0 Å². The molecule has 0 bridgehead atoms. The largest absolute Gasteiger partial charge is 0.313 e. The lowest BCUT2D eigenvalue weighted by Gasteiger charge is -2.31. The van der Waals surface area contributed by atoms with Gasteiger partial charge >= 0.3 is 0 Å². The van der Waals surface area contributed by atoms with E-state index >= 15 is 0 Å². The molecule has 1 aliphatic rings. The van der Waals surface area contributed by atoms with E-state index in [1.54, 1.807) is 0 Å². The maximum Gasteiger partial charge on any atom is 0.0121 e. The second-order valence-corrected chi connectivity index (χ2v) is 5.30. The molecule has 0 saturated heterocycles. The highest BCUT2D eigenvalue weighted by Crippen LogP contribution is 2.35. The van der Waals surface area contributed by atoms with Crippen LogP contribution in [0, 0.1) is 17.8 Å². The molecule has 0 radical (unpaired) electrons. The first kappa shape index (κ1) is 12.0. The molecular weight excluding hydrogens is 170 g/mol. The first-order chi connectivity index (χ1) is 6.66. The third-order valence-corrected chi connectivity index (χ3v) is 3.74. The van der Waals surface area contributed by atoms with Crippen molar-refractivity contribution in [1.29, 1.82) is 0 Å². The molecule has 1 saturated carbocycles. The van der Waals surface area contributed by atoms with Gasteiger partial charge in [-0.2, -0.15) is 0 Å². The Balaban J connectivity index is 2.48. The van der Waals surface area contributed by atoms with Gasteiger partial charge in [0.15, 0.2) is 0 Å². The van der Waals surface area contributed by atoms with Crippen LogP contribution >= 0.6 is 0 Å². The van der Waals surface area contributed by atoms with Crippen molar-refractivity contribution in [2.24, 2.45) is 17.8 Å². The van der Waals surface area contributed by atoms with Crippen molar-refractivity contribution >= 4 is 0 Å². The molecule has 0 spiro atoms. The molecule has 0 amide bonds. The van der Waals surface area contributed by atoms with Gasteiger partial charge in [-0.25, -0.2) is 0 Å². The Morgan fingerprint density at radius 1 is 1.29 bits per heavy atom. The zero-order chi connectivity index (χ0) is 10.6. The summed E-state index contributed by atoms with van der Waals surface area (Å²) in [5, 5.41) is 3.74. The van der Waals surface area contributed by atoms with Gasteiger partial charge in [0.1, 0.15) is 0 Å². The van der Waals surface area contributed by atoms with Crippen LogP contribution in [-0.4, -0.2) is 12.6 Å². The highest BCUT2D eigenvalue weighted by Gasteiger charge is 2.31. The molecule has 3 atom stereocenters. The number of nitrogens with one attached hydrogen (secondary N) is 1. The SMILES string of the molecule is CCCNC(C(C)C)C1CCCC1C. The molecule has 1 heteroatoms. The van der Waals surface area contributed by atoms with Crippen LogP contribution in [0.4, 0.5) is 0 Å². The number of hydrogen-bond donors (Lipinski definition) is 1. The molecule has 0 aromatic heterocycles. The molecule has 0 aliphatic heterocycles. The molecule has 1 rings (SSSR count). The van der Waals surface area contributed by atoms with Crippen molar-refractivity contribution in [3.63, 3.8) is 0 Å². The fourth-order valence-corrected chi connectivity index (χ4v) is 2.90. The van der Waals surface area contributed by atoms with Crippen LogP contribution in [0.25, 0.3) is 0 Å². The summed E-state index contributed by atoms with van der Waals surface area (Å²) in [7, 11) is 0. The minimum Gasteiger partial charge on any atom is -0.313 e. The van der Waals surface area contributed by atoms with E-state index in [-0.39, 0.29) is 0 Å². The van der Waals surface area contributed by atoms with Crippen molar-refractivity contribution in [1.82, 2.24) is 5.32 Å². The van der Waals surface area contributed by atoms with Crippen molar-refractivity contribution in [2.45, 2.75) is 59.4 Å². The van der Waals surface area contributed by atoms with E-state index in [0.717, 1.165) is 23.8 Å². The van der Waals surface area contributed by atoms with E-state index in [1.165, 1.54) is 32.2 Å². The fraction of sp³-hybridized carbons (Fsp3) is 1.00. The number of hydrogen-bond acceptors (Lipinski definition) is 1. The van der Waals surface area contributed by atoms with Gasteiger partial charge in [-0.05, 0) is 37.1 Å². The minimum atomic E-state index is 0.757. The summed E-state index contributed by atoms with van der Waals surface area (Å²) < 4.78 is 0. The Morgan fingerprint density at radius 3 is 2.43 bits per heavy atom. The lowest BCUT2D eigenvalue weighted by molar-refractivity contribution is 0.242. The molecular formula is C13H27N. The molecule has 1 nitrogen and oxygen atoms in total. The van der Waals surface area contributed by atoms with Crippen LogP contribution in [0.2, 0.25) is 0 Å². The third-order valence-electron chi connectivity index (χ3n) is 3.74. The van der Waals surface area contributed by atoms with Gasteiger partial charge in [-0.3, -0.25) is 0 Å². The smallest absolute Gasteiger partial charge is 0.0121 e. The van der Waals surface area contributed by atoms with Crippen LogP contribution in [0.5, 0.6) is 0 Å². The Hall–Kier alpha value is -0.0400. The van der Waals surface area contributed by atoms with Crippen molar-refractivity contribution in [3.8, 4) is 0 Å². The zero-order valence-corrected chi connectivity index (χ0v) is 10.3. The maximum atomic E-state index is 3.74. The van der Waals surface area contributed by atoms with Gasteiger partial charge in [-0.1, -0.05) is 40.5 Å². The minimum absolute atomic E-state index is 0.757. The summed E-state index contributed by atoms with van der Waals surface area (Å²) in [6.07, 6.45) is 5.59. The molecule has 84 valence electrons. The Morgan fingerprint density at radius 2 is 2.00 bits per heavy atom. The summed E-state index contributed by atoms with van der Waals surface area (Å²) in [4.78, 5) is 0. The molecule has 1 aliphatic carbocycles. The highest BCUT2D eigenvalue weighted by molar-refractivity contribution is 4.86. The second kappa shape index (κ2) is 5.75. The van der Waals surface area contributed by atoms with Gasteiger partial charge < -0.3 is 5.32 Å². The predicted molar refractivity (Wildman–Crippen MR) is 63.4 cm³/mol. The molecule has 3 unspecified atom stereocenters. The molecule has 0 aromatic carbocycles. The lowest BCUT2D eigenvalue weighted by atomic mass is 9.84. The molecule has 14 heavy (non-hydrogen) atoms. The molecule has 1 fully saturated rings. The molecule has 1 N–H and O–H groups in total. The quantitative estimate of drug-likeness (QED) is 0.712. The zero-order valence-electron chi connectivity index (χ0n) is 10.3. The van der Waals surface area contributed by atoms with E-state index < -0.39 is 0 Å². The summed E-state index contributed by atoms with van der Waals surface area (Å²) >= 11 is 0. The molecule has 0 heterocycles. The van der Waals surface area contributed by atoms with E-state index in [1.807, 2.05) is 0 Å². The van der Waals surface area contributed by atoms with Crippen molar-refractivity contribution in [3.05, 3.63) is 0 Å². The van der Waals surface area contributed by atoms with Crippen molar-refractivity contribution < 1.29 is 0 Å². The summed E-state index contributed by atoms with van der Waals surface area (Å²) in [6.45, 7) is 10.6. The van der Waals surface area contributed by atoms with E-state index in [9.17, 15) is 0 Å². The Kier molecular flexibility index (Phi) is 4.94. The van der Waals surface area contributed by atoms with Gasteiger partial charge in [0.25, 0.3) is 0 Å². The second-order valence-electron chi connectivity index (χ2n) is 5.30. The van der Waals surface area contributed by atoms with Gasteiger partial charge in [0, 0.05) is 6.04 Å². The highest BCUT2D eigenvalue weighted by atomic mass is 14.9. The average molecular weight is 197 g/mol. The third kappa shape index (κ3) is 2.98. The normalized spacial score (nSPS) is 29.8. The summed E-state index contributed by atoms with van der Waals surface area (Å²) in [6, 6.07) is 0.757. The van der Waals surface area contributed by atoms with Gasteiger partial charge in [-0.15, -0.1) is 0 Å². The van der Waals surface area contributed by atoms with E-state index in [4.69, 9.17) is 0 Å². The monoisotopic (exact) mass is 197 g/mol. The van der Waals surface area contributed by atoms with Crippen LogP contribution < -0.4 is 5.32 Å². The molecule has 0 aromatic rings. The topological polar surface area (TPSA) is 12.0 Å². The Bertz CT molecular complexity index is 153. The fourth-order valence-electron chi connectivity index (χ4n) is 2.90. The summed E-state index contributed by atoms with van der Waals surface area (Å²) in [5.41, 5.74) is 0. The van der Waals surface area contributed by atoms with Crippen LogP contribution in [0.1, 0.15) is 53.4 Å². The standard InChI is InChI=1S/C13H27N/c1-5-9-14-13(10(2)3)12-8-6-7-11(12)4/h10-14H,5-9H2,1-4H3. The van der Waals surface area contributed by atoms with Gasteiger partial charge in [0.05, 0.1) is 0 Å². The first-order valence-corrected chi connectivity index (χ1v) is 6.40. The van der Waals surface area contributed by atoms with Crippen LogP contribution in [0.3, 0.4) is 0 Å².